The Hall–Kier alpha value is -3.02. The number of aryl methyl sites for hydroxylation is 1. The third-order valence-electron chi connectivity index (χ3n) is 6.84. The van der Waals surface area contributed by atoms with E-state index in [2.05, 4.69) is 154 Å². The van der Waals surface area contributed by atoms with E-state index in [1.54, 1.807) is 0 Å². The zero-order chi connectivity index (χ0) is 27.1. The Kier molecular flexibility index (Phi) is 9.70. The molecule has 5 heteroatoms. The molecule has 0 saturated heterocycles. The number of anilines is 3. The first-order valence-corrected chi connectivity index (χ1v) is 15.4. The van der Waals surface area contributed by atoms with Crippen LogP contribution in [0.4, 0.5) is 17.1 Å². The van der Waals surface area contributed by atoms with Gasteiger partial charge in [0.1, 0.15) is 0 Å². The van der Waals surface area contributed by atoms with E-state index in [0.29, 0.717) is 0 Å². The number of rotatable bonds is 11. The average Bonchev–Trinajstić information content (AvgIpc) is 2.93. The Balaban J connectivity index is 1.48. The minimum absolute atomic E-state index is 0.184. The highest BCUT2D eigenvalue weighted by Gasteiger charge is 2.18. The molecule has 198 valence electrons. The standard InChI is InChI=1S/C33H39N3S2/c1-25-7-21-32(22-8-25)38-37-24-23-36(6)31-19-13-28(14-20-31)33(26-9-15-29(16-10-26)34(2)3)27-11-17-30(18-12-27)35(4)5/h7-22,33H,23-24H2,1-6H3. The van der Waals surface area contributed by atoms with Gasteiger partial charge in [-0.2, -0.15) is 0 Å². The van der Waals surface area contributed by atoms with Crippen LogP contribution in [-0.2, 0) is 0 Å². The molecule has 0 amide bonds. The first-order valence-electron chi connectivity index (χ1n) is 13.0. The lowest BCUT2D eigenvalue weighted by Gasteiger charge is -2.23. The molecule has 4 rings (SSSR count). The highest BCUT2D eigenvalue weighted by Crippen LogP contribution is 2.35. The minimum atomic E-state index is 0.184. The maximum Gasteiger partial charge on any atom is 0.0364 e. The predicted octanol–water partition coefficient (Wildman–Crippen LogP) is 8.18. The van der Waals surface area contributed by atoms with Gasteiger partial charge in [-0.15, -0.1) is 0 Å². The summed E-state index contributed by atoms with van der Waals surface area (Å²) in [5, 5.41) is 0. The molecule has 0 spiro atoms. The van der Waals surface area contributed by atoms with E-state index in [9.17, 15) is 0 Å². The number of nitrogens with zero attached hydrogens (tertiary/aromatic N) is 3. The van der Waals surface area contributed by atoms with Gasteiger partial charge in [-0.3, -0.25) is 0 Å². The highest BCUT2D eigenvalue weighted by atomic mass is 33.1. The Morgan fingerprint density at radius 3 is 1.39 bits per heavy atom. The fraction of sp³-hybridized carbons (Fsp3) is 0.273. The summed E-state index contributed by atoms with van der Waals surface area (Å²) in [6.45, 7) is 3.13. The van der Waals surface area contributed by atoms with Gasteiger partial charge in [0.05, 0.1) is 0 Å². The van der Waals surface area contributed by atoms with Crippen molar-refractivity contribution < 1.29 is 0 Å². The molecule has 4 aromatic carbocycles. The summed E-state index contributed by atoms with van der Waals surface area (Å²) in [5.74, 6) is 1.25. The van der Waals surface area contributed by atoms with Crippen molar-refractivity contribution in [1.82, 2.24) is 0 Å². The summed E-state index contributed by atoms with van der Waals surface area (Å²) in [7, 11) is 14.3. The van der Waals surface area contributed by atoms with Crippen molar-refractivity contribution in [2.45, 2.75) is 17.7 Å². The Bertz CT molecular complexity index is 1210. The van der Waals surface area contributed by atoms with Crippen LogP contribution in [0.1, 0.15) is 28.2 Å². The summed E-state index contributed by atoms with van der Waals surface area (Å²) in [6.07, 6.45) is 0. The van der Waals surface area contributed by atoms with E-state index in [1.807, 2.05) is 21.6 Å². The molecule has 4 aromatic rings. The van der Waals surface area contributed by atoms with Gasteiger partial charge in [0.15, 0.2) is 0 Å². The molecule has 0 aliphatic heterocycles. The van der Waals surface area contributed by atoms with Crippen LogP contribution in [0.3, 0.4) is 0 Å². The van der Waals surface area contributed by atoms with Crippen molar-refractivity contribution in [2.75, 3.05) is 62.2 Å². The Morgan fingerprint density at radius 1 is 0.553 bits per heavy atom. The Morgan fingerprint density at radius 2 is 0.974 bits per heavy atom. The van der Waals surface area contributed by atoms with Crippen LogP contribution in [0.25, 0.3) is 0 Å². The molecule has 0 unspecified atom stereocenters. The van der Waals surface area contributed by atoms with E-state index in [1.165, 1.54) is 44.2 Å². The fourth-order valence-electron chi connectivity index (χ4n) is 4.44. The molecule has 0 aliphatic carbocycles. The van der Waals surface area contributed by atoms with Crippen molar-refractivity contribution in [3.63, 3.8) is 0 Å². The van der Waals surface area contributed by atoms with Crippen LogP contribution in [0.5, 0.6) is 0 Å². The number of hydrogen-bond acceptors (Lipinski definition) is 5. The average molecular weight is 542 g/mol. The van der Waals surface area contributed by atoms with Gasteiger partial charge in [0.25, 0.3) is 0 Å². The third-order valence-corrected chi connectivity index (χ3v) is 9.20. The largest absolute Gasteiger partial charge is 0.378 e. The van der Waals surface area contributed by atoms with Crippen molar-refractivity contribution >= 4 is 38.6 Å². The van der Waals surface area contributed by atoms with Crippen molar-refractivity contribution in [1.29, 1.82) is 0 Å². The van der Waals surface area contributed by atoms with E-state index >= 15 is 0 Å². The van der Waals surface area contributed by atoms with Crippen LogP contribution < -0.4 is 14.7 Å². The second-order valence-electron chi connectivity index (χ2n) is 10.1. The van der Waals surface area contributed by atoms with Crippen LogP contribution in [-0.4, -0.2) is 47.5 Å². The smallest absolute Gasteiger partial charge is 0.0364 e. The van der Waals surface area contributed by atoms with Crippen LogP contribution in [0.15, 0.2) is 102 Å². The molecule has 3 nitrogen and oxygen atoms in total. The molecule has 0 heterocycles. The molecule has 0 radical (unpaired) electrons. The monoisotopic (exact) mass is 541 g/mol. The zero-order valence-corrected chi connectivity index (χ0v) is 25.0. The number of benzene rings is 4. The lowest BCUT2D eigenvalue weighted by molar-refractivity contribution is 0.958. The first-order chi connectivity index (χ1) is 18.3. The van der Waals surface area contributed by atoms with E-state index in [-0.39, 0.29) is 5.92 Å². The lowest BCUT2D eigenvalue weighted by atomic mass is 9.85. The van der Waals surface area contributed by atoms with Gasteiger partial charge in [-0.1, -0.05) is 75.7 Å². The number of hydrogen-bond donors (Lipinski definition) is 0. The maximum atomic E-state index is 2.35. The third kappa shape index (κ3) is 7.30. The summed E-state index contributed by atoms with van der Waals surface area (Å²) >= 11 is 0. The topological polar surface area (TPSA) is 9.72 Å². The second kappa shape index (κ2) is 13.2. The van der Waals surface area contributed by atoms with Gasteiger partial charge in [-0.05, 0) is 72.1 Å². The van der Waals surface area contributed by atoms with Crippen LogP contribution >= 0.6 is 21.6 Å². The molecule has 0 aromatic heterocycles. The lowest BCUT2D eigenvalue weighted by Crippen LogP contribution is -2.20. The predicted molar refractivity (Wildman–Crippen MR) is 172 cm³/mol. The molecule has 0 saturated carbocycles. The first kappa shape index (κ1) is 28.0. The highest BCUT2D eigenvalue weighted by molar-refractivity contribution is 8.76. The minimum Gasteiger partial charge on any atom is -0.378 e. The summed E-state index contributed by atoms with van der Waals surface area (Å²) in [4.78, 5) is 7.95. The molecule has 0 aliphatic rings. The van der Waals surface area contributed by atoms with Crippen LogP contribution in [0.2, 0.25) is 0 Å². The molecule has 0 bridgehead atoms. The normalized spacial score (nSPS) is 11.0. The summed E-state index contributed by atoms with van der Waals surface area (Å²) in [6, 6.07) is 35.8. The Labute approximate surface area is 237 Å². The summed E-state index contributed by atoms with van der Waals surface area (Å²) < 4.78 is 0. The van der Waals surface area contributed by atoms with Crippen molar-refractivity contribution in [3.05, 3.63) is 119 Å². The van der Waals surface area contributed by atoms with Crippen molar-refractivity contribution in [3.8, 4) is 0 Å². The molecule has 0 atom stereocenters. The zero-order valence-electron chi connectivity index (χ0n) is 23.4. The van der Waals surface area contributed by atoms with Gasteiger partial charge < -0.3 is 14.7 Å². The maximum absolute atomic E-state index is 2.35. The van der Waals surface area contributed by atoms with E-state index < -0.39 is 0 Å². The van der Waals surface area contributed by atoms with Gasteiger partial charge in [-0.25, -0.2) is 0 Å². The van der Waals surface area contributed by atoms with E-state index in [0.717, 1.165) is 12.3 Å². The quantitative estimate of drug-likeness (QED) is 0.107. The van der Waals surface area contributed by atoms with Crippen LogP contribution in [0, 0.1) is 6.92 Å². The van der Waals surface area contributed by atoms with Crippen molar-refractivity contribution in [2.24, 2.45) is 0 Å². The second-order valence-corrected chi connectivity index (χ2v) is 12.6. The summed E-state index contributed by atoms with van der Waals surface area (Å²) in [5.41, 5.74) is 8.90. The van der Waals surface area contributed by atoms with Gasteiger partial charge in [0, 0.05) is 75.4 Å². The fourth-order valence-corrected chi connectivity index (χ4v) is 6.47. The molecule has 38 heavy (non-hydrogen) atoms. The van der Waals surface area contributed by atoms with Gasteiger partial charge >= 0.3 is 0 Å². The van der Waals surface area contributed by atoms with E-state index in [4.69, 9.17) is 0 Å². The molecular weight excluding hydrogens is 503 g/mol. The SMILES string of the molecule is Cc1ccc(SSCCN(C)c2ccc(C(c3ccc(N(C)C)cc3)c3ccc(N(C)C)cc3)cc2)cc1. The van der Waals surface area contributed by atoms with Gasteiger partial charge in [0.2, 0.25) is 0 Å². The molecular formula is C33H39N3S2. The molecule has 0 N–H and O–H groups in total. The molecule has 0 fully saturated rings.